The van der Waals surface area contributed by atoms with Crippen LogP contribution >= 0.6 is 0 Å². The molecule has 0 unspecified atom stereocenters. The summed E-state index contributed by atoms with van der Waals surface area (Å²) < 4.78 is 5.68. The van der Waals surface area contributed by atoms with Gasteiger partial charge in [-0.3, -0.25) is 4.98 Å². The van der Waals surface area contributed by atoms with E-state index in [1.165, 1.54) is 18.4 Å². The first-order valence-electron chi connectivity index (χ1n) is 7.33. The molecule has 2 aromatic heterocycles. The number of anilines is 2. The normalized spacial score (nSPS) is 13.9. The average Bonchev–Trinajstić information content (AvgIpc) is 3.33. The average molecular weight is 284 g/mol. The van der Waals surface area contributed by atoms with E-state index in [0.29, 0.717) is 17.5 Å². The molecule has 5 heteroatoms. The lowest BCUT2D eigenvalue weighted by atomic mass is 10.2. The minimum Gasteiger partial charge on any atom is -0.476 e. The smallest absolute Gasteiger partial charge is 0.239 e. The second kappa shape index (κ2) is 6.43. The second-order valence-corrected chi connectivity index (χ2v) is 5.38. The second-order valence-electron chi connectivity index (χ2n) is 5.38. The molecule has 5 nitrogen and oxygen atoms in total. The molecule has 1 saturated carbocycles. The molecule has 1 fully saturated rings. The largest absolute Gasteiger partial charge is 0.476 e. The van der Waals surface area contributed by atoms with Crippen LogP contribution in [0.4, 0.5) is 11.5 Å². The van der Waals surface area contributed by atoms with Crippen LogP contribution in [-0.4, -0.2) is 23.1 Å². The molecular weight excluding hydrogens is 264 g/mol. The maximum absolute atomic E-state index is 5.89. The maximum atomic E-state index is 5.89. The quantitative estimate of drug-likeness (QED) is 0.817. The molecule has 0 amide bonds. The van der Waals surface area contributed by atoms with Crippen LogP contribution in [0.15, 0.2) is 36.7 Å². The number of hydrogen-bond acceptors (Lipinski definition) is 5. The highest BCUT2D eigenvalue weighted by atomic mass is 16.5. The third-order valence-corrected chi connectivity index (χ3v) is 3.48. The lowest BCUT2D eigenvalue weighted by Crippen LogP contribution is -2.09. The molecule has 110 valence electrons. The van der Waals surface area contributed by atoms with Crippen LogP contribution in [-0.2, 0) is 6.42 Å². The van der Waals surface area contributed by atoms with Gasteiger partial charge in [-0.2, -0.15) is 4.98 Å². The van der Waals surface area contributed by atoms with E-state index in [1.807, 2.05) is 24.4 Å². The first kappa shape index (κ1) is 13.7. The monoisotopic (exact) mass is 284 g/mol. The summed E-state index contributed by atoms with van der Waals surface area (Å²) in [5, 5.41) is 3.29. The highest BCUT2D eigenvalue weighted by Gasteiger charge is 2.22. The van der Waals surface area contributed by atoms with Crippen molar-refractivity contribution in [2.75, 3.05) is 24.2 Å². The number of nitrogen functional groups attached to an aromatic ring is 1. The molecule has 0 aromatic carbocycles. The van der Waals surface area contributed by atoms with Crippen LogP contribution in [0.5, 0.6) is 5.88 Å². The lowest BCUT2D eigenvalue weighted by Gasteiger charge is -2.10. The molecule has 0 saturated heterocycles. The molecule has 1 aliphatic carbocycles. The summed E-state index contributed by atoms with van der Waals surface area (Å²) in [6.45, 7) is 1.51. The zero-order valence-corrected chi connectivity index (χ0v) is 12.0. The van der Waals surface area contributed by atoms with Gasteiger partial charge in [0.15, 0.2) is 0 Å². The van der Waals surface area contributed by atoms with Crippen LogP contribution < -0.4 is 15.8 Å². The number of hydrogen-bond donors (Lipinski definition) is 2. The van der Waals surface area contributed by atoms with Gasteiger partial charge in [0.2, 0.25) is 5.88 Å². The van der Waals surface area contributed by atoms with Gasteiger partial charge in [-0.1, -0.05) is 6.07 Å². The van der Waals surface area contributed by atoms with Crippen LogP contribution in [0.1, 0.15) is 18.4 Å². The Labute approximate surface area is 124 Å². The summed E-state index contributed by atoms with van der Waals surface area (Å²) >= 11 is 0. The SMILES string of the molecule is Nc1ccc(NCCc2cccnc2)nc1OCC1CC1. The van der Waals surface area contributed by atoms with Gasteiger partial charge in [0, 0.05) is 18.9 Å². The van der Waals surface area contributed by atoms with Gasteiger partial charge in [-0.25, -0.2) is 0 Å². The zero-order valence-electron chi connectivity index (χ0n) is 12.0. The van der Waals surface area contributed by atoms with E-state index >= 15 is 0 Å². The molecule has 2 aromatic rings. The molecule has 0 atom stereocenters. The number of ether oxygens (including phenoxy) is 1. The summed E-state index contributed by atoms with van der Waals surface area (Å²) in [6.07, 6.45) is 7.06. The first-order valence-corrected chi connectivity index (χ1v) is 7.33. The summed E-state index contributed by atoms with van der Waals surface area (Å²) in [7, 11) is 0. The highest BCUT2D eigenvalue weighted by Crippen LogP contribution is 2.30. The molecule has 2 heterocycles. The first-order chi connectivity index (χ1) is 10.3. The van der Waals surface area contributed by atoms with Crippen molar-refractivity contribution in [2.24, 2.45) is 5.92 Å². The minimum atomic E-state index is 0.535. The van der Waals surface area contributed by atoms with E-state index in [2.05, 4.69) is 21.4 Å². The van der Waals surface area contributed by atoms with Gasteiger partial charge in [-0.05, 0) is 48.9 Å². The Morgan fingerprint density at radius 1 is 1.29 bits per heavy atom. The standard InChI is InChI=1S/C16H20N4O/c17-14-5-6-15(20-16(14)21-11-13-3-4-13)19-9-7-12-2-1-8-18-10-12/h1-2,5-6,8,10,13H,3-4,7,9,11,17H2,(H,19,20). The van der Waals surface area contributed by atoms with E-state index in [1.54, 1.807) is 6.20 Å². The predicted octanol–water partition coefficient (Wildman–Crippen LogP) is 2.50. The molecule has 21 heavy (non-hydrogen) atoms. The Balaban J connectivity index is 1.53. The molecule has 0 spiro atoms. The van der Waals surface area contributed by atoms with Crippen molar-refractivity contribution < 1.29 is 4.74 Å². The summed E-state index contributed by atoms with van der Waals surface area (Å²) in [5.74, 6) is 2.01. The molecule has 0 aliphatic heterocycles. The number of nitrogens with two attached hydrogens (primary N) is 1. The van der Waals surface area contributed by atoms with Crippen molar-refractivity contribution in [3.63, 3.8) is 0 Å². The van der Waals surface area contributed by atoms with E-state index in [9.17, 15) is 0 Å². The van der Waals surface area contributed by atoms with Crippen LogP contribution in [0.3, 0.4) is 0 Å². The number of rotatable bonds is 7. The summed E-state index contributed by atoms with van der Waals surface area (Å²) in [4.78, 5) is 8.53. The van der Waals surface area contributed by atoms with E-state index in [4.69, 9.17) is 10.5 Å². The Kier molecular flexibility index (Phi) is 4.19. The number of nitrogens with zero attached hydrogens (tertiary/aromatic N) is 2. The van der Waals surface area contributed by atoms with Gasteiger partial charge in [0.25, 0.3) is 0 Å². The van der Waals surface area contributed by atoms with Crippen LogP contribution in [0.25, 0.3) is 0 Å². The fourth-order valence-electron chi connectivity index (χ4n) is 2.03. The molecule has 1 aliphatic rings. The molecule has 3 rings (SSSR count). The fourth-order valence-corrected chi connectivity index (χ4v) is 2.03. The highest BCUT2D eigenvalue weighted by molar-refractivity contribution is 5.53. The fraction of sp³-hybridized carbons (Fsp3) is 0.375. The number of pyridine rings is 2. The van der Waals surface area contributed by atoms with Crippen LogP contribution in [0, 0.1) is 5.92 Å². The third-order valence-electron chi connectivity index (χ3n) is 3.48. The maximum Gasteiger partial charge on any atom is 0.239 e. The van der Waals surface area contributed by atoms with E-state index < -0.39 is 0 Å². The molecule has 0 radical (unpaired) electrons. The van der Waals surface area contributed by atoms with Crippen molar-refractivity contribution >= 4 is 11.5 Å². The van der Waals surface area contributed by atoms with E-state index in [0.717, 1.165) is 25.4 Å². The summed E-state index contributed by atoms with van der Waals surface area (Å²) in [6, 6.07) is 7.72. The number of nitrogens with one attached hydrogen (secondary N) is 1. The van der Waals surface area contributed by atoms with Crippen molar-refractivity contribution in [2.45, 2.75) is 19.3 Å². The van der Waals surface area contributed by atoms with Crippen molar-refractivity contribution in [3.8, 4) is 5.88 Å². The van der Waals surface area contributed by atoms with E-state index in [-0.39, 0.29) is 0 Å². The van der Waals surface area contributed by atoms with Gasteiger partial charge in [-0.15, -0.1) is 0 Å². The lowest BCUT2D eigenvalue weighted by molar-refractivity contribution is 0.290. The molecule has 3 N–H and O–H groups in total. The van der Waals surface area contributed by atoms with Crippen molar-refractivity contribution in [1.82, 2.24) is 9.97 Å². The van der Waals surface area contributed by atoms with Gasteiger partial charge < -0.3 is 15.8 Å². The van der Waals surface area contributed by atoms with Gasteiger partial charge >= 0.3 is 0 Å². The van der Waals surface area contributed by atoms with Crippen LogP contribution in [0.2, 0.25) is 0 Å². The Hall–Kier alpha value is -2.30. The molecule has 0 bridgehead atoms. The topological polar surface area (TPSA) is 73.1 Å². The zero-order chi connectivity index (χ0) is 14.5. The predicted molar refractivity (Wildman–Crippen MR) is 83.3 cm³/mol. The summed E-state index contributed by atoms with van der Waals surface area (Å²) in [5.41, 5.74) is 7.68. The third kappa shape index (κ3) is 4.08. The Morgan fingerprint density at radius 3 is 2.95 bits per heavy atom. The van der Waals surface area contributed by atoms with Crippen molar-refractivity contribution in [1.29, 1.82) is 0 Å². The van der Waals surface area contributed by atoms with Gasteiger partial charge in [0.05, 0.1) is 12.3 Å². The number of aromatic nitrogens is 2. The molecular formula is C16H20N4O. The Bertz CT molecular complexity index is 584. The van der Waals surface area contributed by atoms with Crippen molar-refractivity contribution in [3.05, 3.63) is 42.2 Å². The Morgan fingerprint density at radius 2 is 2.19 bits per heavy atom. The van der Waals surface area contributed by atoms with Gasteiger partial charge in [0.1, 0.15) is 5.82 Å². The minimum absolute atomic E-state index is 0.535.